The van der Waals surface area contributed by atoms with Gasteiger partial charge in [0.05, 0.1) is 0 Å². The van der Waals surface area contributed by atoms with Crippen LogP contribution in [0.25, 0.3) is 0 Å². The average molecular weight is 480 g/mol. The van der Waals surface area contributed by atoms with Crippen LogP contribution in [-0.2, 0) is 10.3 Å². The van der Waals surface area contributed by atoms with Gasteiger partial charge in [-0.2, -0.15) is 0 Å². The molecule has 2 N–H and O–H groups in total. The highest BCUT2D eigenvalue weighted by atomic mass is 16.2. The van der Waals surface area contributed by atoms with Gasteiger partial charge in [0.2, 0.25) is 5.91 Å². The third-order valence-electron chi connectivity index (χ3n) is 9.09. The summed E-state index contributed by atoms with van der Waals surface area (Å²) in [4.78, 5) is 16.6. The van der Waals surface area contributed by atoms with E-state index in [2.05, 4.69) is 117 Å². The number of amides is 1. The van der Waals surface area contributed by atoms with Gasteiger partial charge in [-0.25, -0.2) is 0 Å². The number of carbonyl (C=O) groups excluding carboxylic acids is 1. The molecule has 3 aliphatic rings. The molecule has 36 heavy (non-hydrogen) atoms. The van der Waals surface area contributed by atoms with Crippen molar-refractivity contribution in [3.8, 4) is 0 Å². The third-order valence-corrected chi connectivity index (χ3v) is 9.09. The van der Waals surface area contributed by atoms with Gasteiger partial charge in [-0.3, -0.25) is 9.69 Å². The van der Waals surface area contributed by atoms with E-state index in [0.29, 0.717) is 5.92 Å². The SMILES string of the molecule is CCN1[C@H]2C[C@H](c3ccc(C(C)C)cc3)N[C@H]2[C@H](c2ccccc2)[C@]12C(=O)Nc1cc(C)c(C)cc12. The quantitative estimate of drug-likeness (QED) is 0.471. The van der Waals surface area contributed by atoms with Crippen molar-refractivity contribution in [3.05, 3.63) is 100 Å². The van der Waals surface area contributed by atoms with Crippen LogP contribution in [0.15, 0.2) is 66.7 Å². The summed E-state index contributed by atoms with van der Waals surface area (Å²) in [5.41, 5.74) is 7.80. The molecule has 2 saturated heterocycles. The van der Waals surface area contributed by atoms with Gasteiger partial charge in [0.25, 0.3) is 0 Å². The summed E-state index contributed by atoms with van der Waals surface area (Å²) in [7, 11) is 0. The van der Waals surface area contributed by atoms with Crippen molar-refractivity contribution in [2.24, 2.45) is 0 Å². The van der Waals surface area contributed by atoms with Crippen molar-refractivity contribution in [3.63, 3.8) is 0 Å². The molecule has 3 aliphatic heterocycles. The number of fused-ring (bicyclic) bond motifs is 3. The average Bonchev–Trinajstić information content (AvgIpc) is 3.50. The minimum Gasteiger partial charge on any atom is -0.324 e. The van der Waals surface area contributed by atoms with Crippen molar-refractivity contribution in [1.82, 2.24) is 10.2 Å². The van der Waals surface area contributed by atoms with E-state index in [1.54, 1.807) is 0 Å². The zero-order valence-corrected chi connectivity index (χ0v) is 22.0. The molecule has 0 bridgehead atoms. The Balaban J connectivity index is 1.48. The maximum atomic E-state index is 14.1. The zero-order chi connectivity index (χ0) is 25.2. The van der Waals surface area contributed by atoms with Gasteiger partial charge < -0.3 is 10.6 Å². The number of nitrogens with zero attached hydrogens (tertiary/aromatic N) is 1. The van der Waals surface area contributed by atoms with Crippen LogP contribution in [0.1, 0.15) is 78.5 Å². The molecule has 0 aromatic heterocycles. The first-order chi connectivity index (χ1) is 17.4. The van der Waals surface area contributed by atoms with Crippen molar-refractivity contribution in [1.29, 1.82) is 0 Å². The Morgan fingerprint density at radius 2 is 1.67 bits per heavy atom. The standard InChI is InChI=1S/C32H37N3O/c1-6-35-28-18-26(23-14-12-22(13-15-23)19(2)3)33-30(28)29(24-10-8-7-9-11-24)32(35)25-16-20(4)21(5)17-27(25)34-31(32)36/h7-17,19,26,28-30,33H,6,18H2,1-5H3,(H,34,36)/t26-,28+,29+,30-,32-/m1/s1. The Hall–Kier alpha value is -2.95. The summed E-state index contributed by atoms with van der Waals surface area (Å²) < 4.78 is 0. The lowest BCUT2D eigenvalue weighted by molar-refractivity contribution is -0.127. The molecule has 1 amide bonds. The lowest BCUT2D eigenvalue weighted by Gasteiger charge is -2.40. The van der Waals surface area contributed by atoms with Crippen molar-refractivity contribution < 1.29 is 4.79 Å². The highest BCUT2D eigenvalue weighted by Crippen LogP contribution is 2.59. The molecule has 0 saturated carbocycles. The van der Waals surface area contributed by atoms with Crippen molar-refractivity contribution >= 4 is 11.6 Å². The molecule has 0 aliphatic carbocycles. The van der Waals surface area contributed by atoms with Gasteiger partial charge in [0.15, 0.2) is 0 Å². The molecule has 2 fully saturated rings. The van der Waals surface area contributed by atoms with Crippen LogP contribution >= 0.6 is 0 Å². The summed E-state index contributed by atoms with van der Waals surface area (Å²) in [6.45, 7) is 11.8. The summed E-state index contributed by atoms with van der Waals surface area (Å²) >= 11 is 0. The fourth-order valence-electron chi connectivity index (χ4n) is 7.25. The van der Waals surface area contributed by atoms with E-state index in [1.165, 1.54) is 27.8 Å². The second kappa shape index (κ2) is 8.57. The number of likely N-dealkylation sites (N-methyl/N-ethyl adjacent to an activating group) is 1. The number of likely N-dealkylation sites (tertiary alicyclic amines) is 1. The van der Waals surface area contributed by atoms with Crippen molar-refractivity contribution in [2.75, 3.05) is 11.9 Å². The molecule has 0 unspecified atom stereocenters. The first kappa shape index (κ1) is 23.4. The van der Waals surface area contributed by atoms with Gasteiger partial charge >= 0.3 is 0 Å². The largest absolute Gasteiger partial charge is 0.324 e. The Morgan fingerprint density at radius 3 is 2.33 bits per heavy atom. The van der Waals surface area contributed by atoms with Gasteiger partial charge in [0, 0.05) is 35.3 Å². The molecular formula is C32H37N3O. The van der Waals surface area contributed by atoms with E-state index in [1.807, 2.05) is 0 Å². The number of hydrogen-bond donors (Lipinski definition) is 2. The van der Waals surface area contributed by atoms with Crippen LogP contribution in [0.5, 0.6) is 0 Å². The molecule has 4 nitrogen and oxygen atoms in total. The molecule has 186 valence electrons. The molecule has 1 spiro atoms. The second-order valence-electron chi connectivity index (χ2n) is 11.2. The topological polar surface area (TPSA) is 44.4 Å². The molecule has 6 rings (SSSR count). The summed E-state index contributed by atoms with van der Waals surface area (Å²) in [5.74, 6) is 0.667. The molecule has 3 aromatic rings. The highest BCUT2D eigenvalue weighted by molar-refractivity contribution is 6.07. The lowest BCUT2D eigenvalue weighted by atomic mass is 9.73. The summed E-state index contributed by atoms with van der Waals surface area (Å²) in [6, 6.07) is 25.0. The van der Waals surface area contributed by atoms with Crippen LogP contribution in [0.4, 0.5) is 5.69 Å². The zero-order valence-electron chi connectivity index (χ0n) is 22.0. The van der Waals surface area contributed by atoms with E-state index >= 15 is 0 Å². The molecule has 4 heteroatoms. The Kier molecular flexibility index (Phi) is 5.58. The van der Waals surface area contributed by atoms with Gasteiger partial charge in [-0.05, 0) is 66.6 Å². The number of anilines is 1. The maximum Gasteiger partial charge on any atom is 0.250 e. The van der Waals surface area contributed by atoms with Gasteiger partial charge in [0.1, 0.15) is 5.54 Å². The fraction of sp³-hybridized carbons (Fsp3) is 0.406. The molecule has 5 atom stereocenters. The number of nitrogens with one attached hydrogen (secondary N) is 2. The minimum atomic E-state index is -0.710. The number of benzene rings is 3. The normalized spacial score (nSPS) is 29.1. The predicted octanol–water partition coefficient (Wildman–Crippen LogP) is 6.17. The fourth-order valence-corrected chi connectivity index (χ4v) is 7.25. The van der Waals surface area contributed by atoms with Crippen LogP contribution in [0, 0.1) is 13.8 Å². The van der Waals surface area contributed by atoms with Crippen LogP contribution in [-0.4, -0.2) is 29.4 Å². The molecule has 3 heterocycles. The maximum absolute atomic E-state index is 14.1. The number of hydrogen-bond acceptors (Lipinski definition) is 3. The lowest BCUT2D eigenvalue weighted by Crippen LogP contribution is -2.52. The first-order valence-corrected chi connectivity index (χ1v) is 13.5. The first-order valence-electron chi connectivity index (χ1n) is 13.5. The molecule has 3 aromatic carbocycles. The van der Waals surface area contributed by atoms with Crippen LogP contribution < -0.4 is 10.6 Å². The monoisotopic (exact) mass is 479 g/mol. The molecular weight excluding hydrogens is 442 g/mol. The van der Waals surface area contributed by atoms with Crippen LogP contribution in [0.2, 0.25) is 0 Å². The van der Waals surface area contributed by atoms with Gasteiger partial charge in [-0.1, -0.05) is 81.4 Å². The third kappa shape index (κ3) is 3.24. The van der Waals surface area contributed by atoms with Crippen LogP contribution in [0.3, 0.4) is 0 Å². The molecule has 0 radical (unpaired) electrons. The number of carbonyl (C=O) groups is 1. The predicted molar refractivity (Wildman–Crippen MR) is 146 cm³/mol. The minimum absolute atomic E-state index is 0.0203. The summed E-state index contributed by atoms with van der Waals surface area (Å²) in [5, 5.41) is 7.34. The van der Waals surface area contributed by atoms with E-state index in [9.17, 15) is 4.79 Å². The van der Waals surface area contributed by atoms with Crippen molar-refractivity contribution in [2.45, 2.75) is 76.5 Å². The number of rotatable bonds is 4. The Morgan fingerprint density at radius 1 is 0.972 bits per heavy atom. The van der Waals surface area contributed by atoms with E-state index in [0.717, 1.165) is 24.2 Å². The Bertz CT molecular complexity index is 1300. The highest BCUT2D eigenvalue weighted by Gasteiger charge is 2.68. The number of aryl methyl sites for hydroxylation is 2. The van der Waals surface area contributed by atoms with E-state index in [4.69, 9.17) is 0 Å². The second-order valence-corrected chi connectivity index (χ2v) is 11.2. The smallest absolute Gasteiger partial charge is 0.250 e. The van der Waals surface area contributed by atoms with Gasteiger partial charge in [-0.15, -0.1) is 0 Å². The Labute approximate surface area is 215 Å². The van der Waals surface area contributed by atoms with E-state index < -0.39 is 5.54 Å². The van der Waals surface area contributed by atoms with E-state index in [-0.39, 0.29) is 30.0 Å². The summed E-state index contributed by atoms with van der Waals surface area (Å²) in [6.07, 6.45) is 0.998.